The molecule has 2 aliphatic rings. The third kappa shape index (κ3) is 3.31. The molecule has 0 saturated carbocycles. The van der Waals surface area contributed by atoms with E-state index in [1.54, 1.807) is 6.20 Å². The number of halogens is 1. The highest BCUT2D eigenvalue weighted by Crippen LogP contribution is 2.27. The molecule has 0 bridgehead atoms. The van der Waals surface area contributed by atoms with Gasteiger partial charge in [-0.25, -0.2) is 4.99 Å². The van der Waals surface area contributed by atoms with Gasteiger partial charge < -0.3 is 0 Å². The molecule has 0 fully saturated rings. The maximum atomic E-state index is 4.71. The molecule has 0 radical (unpaired) electrons. The van der Waals surface area contributed by atoms with Crippen LogP contribution in [0.3, 0.4) is 0 Å². The van der Waals surface area contributed by atoms with Gasteiger partial charge in [0.25, 0.3) is 0 Å². The lowest BCUT2D eigenvalue weighted by Crippen LogP contribution is -2.14. The standard InChI is InChI=1S/C19H15IN4/c1-2-5-15(6-3-1)18-22-19(24-20-23-18)16-10-8-14(9-11-16)17-7-4-12-21-13-17/h1-10,12-13,16H,11H2. The highest BCUT2D eigenvalue weighted by atomic mass is 127. The Hall–Kier alpha value is -2.28. The molecular formula is C19H15IN4. The highest BCUT2D eigenvalue weighted by molar-refractivity contribution is 14.1. The zero-order valence-corrected chi connectivity index (χ0v) is 15.0. The van der Waals surface area contributed by atoms with Crippen molar-refractivity contribution >= 4 is 38.6 Å². The Labute approximate surface area is 151 Å². The number of nitrogens with zero attached hydrogens (tertiary/aromatic N) is 4. The van der Waals surface area contributed by atoms with Gasteiger partial charge in [0.05, 0.1) is 0 Å². The van der Waals surface area contributed by atoms with Crippen LogP contribution in [0.25, 0.3) is 5.57 Å². The summed E-state index contributed by atoms with van der Waals surface area (Å²) in [7, 11) is 0. The number of hydrogen-bond donors (Lipinski definition) is 0. The van der Waals surface area contributed by atoms with Crippen LogP contribution in [0.15, 0.2) is 84.4 Å². The van der Waals surface area contributed by atoms with Crippen LogP contribution in [0.2, 0.25) is 0 Å². The van der Waals surface area contributed by atoms with Gasteiger partial charge in [-0.15, -0.1) is 0 Å². The number of benzene rings is 1. The Morgan fingerprint density at radius 2 is 1.88 bits per heavy atom. The van der Waals surface area contributed by atoms with Crippen LogP contribution >= 0.6 is 21.3 Å². The summed E-state index contributed by atoms with van der Waals surface area (Å²) in [6, 6.07) is 14.2. The Morgan fingerprint density at radius 3 is 2.62 bits per heavy atom. The van der Waals surface area contributed by atoms with Crippen molar-refractivity contribution in [3.8, 4) is 0 Å². The van der Waals surface area contributed by atoms with Crippen molar-refractivity contribution in [2.45, 2.75) is 6.42 Å². The molecule has 0 spiro atoms. The van der Waals surface area contributed by atoms with Gasteiger partial charge in [-0.05, 0) is 23.6 Å². The summed E-state index contributed by atoms with van der Waals surface area (Å²) in [4.78, 5) is 8.89. The second-order valence-corrected chi connectivity index (χ2v) is 6.90. The lowest BCUT2D eigenvalue weighted by atomic mass is 9.93. The summed E-state index contributed by atoms with van der Waals surface area (Å²) in [5.41, 5.74) is 3.42. The molecule has 0 saturated heterocycles. The molecule has 5 heteroatoms. The molecule has 1 aromatic heterocycles. The van der Waals surface area contributed by atoms with E-state index in [9.17, 15) is 0 Å². The van der Waals surface area contributed by atoms with Gasteiger partial charge in [0, 0.05) is 23.9 Å². The average Bonchev–Trinajstić information content (AvgIpc) is 2.70. The molecule has 0 amide bonds. The van der Waals surface area contributed by atoms with Crippen molar-refractivity contribution in [1.29, 1.82) is 0 Å². The van der Waals surface area contributed by atoms with Crippen LogP contribution in [0.1, 0.15) is 17.5 Å². The molecule has 1 aliphatic heterocycles. The fraction of sp³-hybridized carbons (Fsp3) is 0.105. The SMILES string of the molecule is C1=CC(C2=NC(c3ccccc3)=NI=N2)CC=C1c1cccnc1. The minimum atomic E-state index is -0.557. The molecule has 4 rings (SSSR count). The van der Waals surface area contributed by atoms with E-state index >= 15 is 0 Å². The van der Waals surface area contributed by atoms with Gasteiger partial charge in [0.15, 0.2) is 5.84 Å². The number of aromatic nitrogens is 1. The van der Waals surface area contributed by atoms with Gasteiger partial charge in [0.2, 0.25) is 0 Å². The molecular weight excluding hydrogens is 411 g/mol. The fourth-order valence-electron chi connectivity index (χ4n) is 2.65. The minimum absolute atomic E-state index is 0.235. The van der Waals surface area contributed by atoms with Gasteiger partial charge in [-0.3, -0.25) is 4.98 Å². The molecule has 1 unspecified atom stereocenters. The minimum Gasteiger partial charge on any atom is -0.264 e. The predicted octanol–water partition coefficient (Wildman–Crippen LogP) is 4.97. The summed E-state index contributed by atoms with van der Waals surface area (Å²) in [6.07, 6.45) is 11.2. The van der Waals surface area contributed by atoms with Crippen molar-refractivity contribution in [3.05, 3.63) is 84.2 Å². The highest BCUT2D eigenvalue weighted by Gasteiger charge is 2.18. The largest absolute Gasteiger partial charge is 0.264 e. The molecule has 4 nitrogen and oxygen atoms in total. The van der Waals surface area contributed by atoms with E-state index in [0.717, 1.165) is 29.2 Å². The van der Waals surface area contributed by atoms with Crippen molar-refractivity contribution in [3.63, 3.8) is 0 Å². The van der Waals surface area contributed by atoms with E-state index in [1.165, 1.54) is 5.57 Å². The monoisotopic (exact) mass is 426 g/mol. The van der Waals surface area contributed by atoms with Crippen LogP contribution in [0.5, 0.6) is 0 Å². The Bertz CT molecular complexity index is 880. The third-order valence-electron chi connectivity index (χ3n) is 3.92. The second-order valence-electron chi connectivity index (χ2n) is 5.51. The van der Waals surface area contributed by atoms with Gasteiger partial charge in [0.1, 0.15) is 27.1 Å². The smallest absolute Gasteiger partial charge is 0.168 e. The molecule has 2 heterocycles. The van der Waals surface area contributed by atoms with Crippen molar-refractivity contribution in [2.24, 2.45) is 17.3 Å². The normalized spacial score (nSPS) is 19.8. The van der Waals surface area contributed by atoms with Crippen LogP contribution in [-0.2, 0) is 0 Å². The molecule has 118 valence electrons. The van der Waals surface area contributed by atoms with E-state index in [0.29, 0.717) is 0 Å². The second kappa shape index (κ2) is 7.09. The third-order valence-corrected chi connectivity index (χ3v) is 5.30. The number of pyridine rings is 1. The molecule has 1 aromatic carbocycles. The molecule has 2 aromatic rings. The van der Waals surface area contributed by atoms with E-state index < -0.39 is 21.3 Å². The first-order valence-electron chi connectivity index (χ1n) is 7.75. The van der Waals surface area contributed by atoms with Gasteiger partial charge in [-0.2, -0.15) is 6.35 Å². The van der Waals surface area contributed by atoms with Crippen LogP contribution in [0.4, 0.5) is 0 Å². The summed E-state index contributed by atoms with van der Waals surface area (Å²) in [6.45, 7) is 0. The predicted molar refractivity (Wildman–Crippen MR) is 106 cm³/mol. The van der Waals surface area contributed by atoms with E-state index in [-0.39, 0.29) is 5.92 Å². The van der Waals surface area contributed by atoms with Crippen molar-refractivity contribution in [2.75, 3.05) is 0 Å². The fourth-order valence-corrected chi connectivity index (χ4v) is 4.03. The summed E-state index contributed by atoms with van der Waals surface area (Å²) in [5, 5.41) is 0. The zero-order chi connectivity index (χ0) is 16.2. The number of rotatable bonds is 3. The molecule has 0 N–H and O–H groups in total. The zero-order valence-electron chi connectivity index (χ0n) is 12.9. The summed E-state index contributed by atoms with van der Waals surface area (Å²) < 4.78 is 9.14. The first-order valence-corrected chi connectivity index (χ1v) is 9.68. The van der Waals surface area contributed by atoms with E-state index in [1.807, 2.05) is 42.6 Å². The molecule has 1 atom stereocenters. The number of hydrogen-bond acceptors (Lipinski definition) is 4. The summed E-state index contributed by atoms with van der Waals surface area (Å²) in [5.74, 6) is 1.97. The molecule has 1 aliphatic carbocycles. The van der Waals surface area contributed by atoms with Gasteiger partial charge in [-0.1, -0.05) is 54.6 Å². The summed E-state index contributed by atoms with van der Waals surface area (Å²) >= 11 is -0.557. The van der Waals surface area contributed by atoms with Crippen molar-refractivity contribution < 1.29 is 0 Å². The Balaban J connectivity index is 1.53. The lowest BCUT2D eigenvalue weighted by Gasteiger charge is -2.17. The van der Waals surface area contributed by atoms with Crippen LogP contribution in [0, 0.1) is 5.92 Å². The topological polar surface area (TPSA) is 50.0 Å². The maximum absolute atomic E-state index is 4.71. The number of aliphatic imine (C=N–C) groups is 1. The molecule has 24 heavy (non-hydrogen) atoms. The number of amidine groups is 2. The lowest BCUT2D eigenvalue weighted by molar-refractivity contribution is 0.865. The van der Waals surface area contributed by atoms with Crippen molar-refractivity contribution in [1.82, 2.24) is 4.98 Å². The van der Waals surface area contributed by atoms with E-state index in [4.69, 9.17) is 4.99 Å². The Kier molecular flexibility index (Phi) is 4.51. The van der Waals surface area contributed by atoms with Gasteiger partial charge >= 0.3 is 0 Å². The van der Waals surface area contributed by atoms with E-state index in [2.05, 4.69) is 35.6 Å². The Morgan fingerprint density at radius 1 is 1.00 bits per heavy atom. The first kappa shape index (κ1) is 15.3. The maximum Gasteiger partial charge on any atom is 0.168 e. The quantitative estimate of drug-likeness (QED) is 0.640. The average molecular weight is 426 g/mol. The number of allylic oxidation sites excluding steroid dienone is 3. The van der Waals surface area contributed by atoms with Crippen LogP contribution in [-0.4, -0.2) is 16.7 Å². The van der Waals surface area contributed by atoms with Crippen LogP contribution < -0.4 is 0 Å². The first-order chi connectivity index (χ1) is 11.9.